The fourth-order valence-corrected chi connectivity index (χ4v) is 3.41. The SMILES string of the molecule is CCCC1(C(=O)NCCc2cscn2)CCCNC1. The quantitative estimate of drug-likeness (QED) is 0.838. The van der Waals surface area contributed by atoms with Gasteiger partial charge in [0.05, 0.1) is 16.6 Å². The van der Waals surface area contributed by atoms with Crippen LogP contribution in [0.1, 0.15) is 38.3 Å². The predicted molar refractivity (Wildman–Crippen MR) is 78.3 cm³/mol. The van der Waals surface area contributed by atoms with Gasteiger partial charge in [0.2, 0.25) is 5.91 Å². The minimum Gasteiger partial charge on any atom is -0.355 e. The number of rotatable bonds is 6. The van der Waals surface area contributed by atoms with Crippen LogP contribution in [-0.2, 0) is 11.2 Å². The molecule has 1 aliphatic rings. The molecular weight excluding hydrogens is 258 g/mol. The van der Waals surface area contributed by atoms with Crippen LogP contribution in [-0.4, -0.2) is 30.5 Å². The maximum atomic E-state index is 12.5. The minimum absolute atomic E-state index is 0.185. The first kappa shape index (κ1) is 14.5. The Balaban J connectivity index is 1.85. The highest BCUT2D eigenvalue weighted by Crippen LogP contribution is 2.31. The zero-order valence-electron chi connectivity index (χ0n) is 11.6. The van der Waals surface area contributed by atoms with Crippen LogP contribution >= 0.6 is 11.3 Å². The van der Waals surface area contributed by atoms with E-state index in [0.29, 0.717) is 6.54 Å². The lowest BCUT2D eigenvalue weighted by Crippen LogP contribution is -2.50. The van der Waals surface area contributed by atoms with Crippen molar-refractivity contribution in [3.05, 3.63) is 16.6 Å². The van der Waals surface area contributed by atoms with E-state index in [2.05, 4.69) is 22.5 Å². The highest BCUT2D eigenvalue weighted by Gasteiger charge is 2.38. The molecule has 1 amide bonds. The first-order valence-corrected chi connectivity index (χ1v) is 8.07. The van der Waals surface area contributed by atoms with Crippen molar-refractivity contribution in [1.29, 1.82) is 0 Å². The lowest BCUT2D eigenvalue weighted by Gasteiger charge is -2.36. The molecule has 1 fully saturated rings. The van der Waals surface area contributed by atoms with Crippen LogP contribution in [0.4, 0.5) is 0 Å². The van der Waals surface area contributed by atoms with Gasteiger partial charge in [-0.2, -0.15) is 0 Å². The summed E-state index contributed by atoms with van der Waals surface area (Å²) in [6.45, 7) is 4.70. The summed E-state index contributed by atoms with van der Waals surface area (Å²) >= 11 is 1.60. The molecule has 1 aliphatic heterocycles. The maximum absolute atomic E-state index is 12.5. The molecule has 1 aromatic rings. The molecule has 1 atom stereocenters. The first-order chi connectivity index (χ1) is 9.27. The van der Waals surface area contributed by atoms with Crippen molar-refractivity contribution in [1.82, 2.24) is 15.6 Å². The van der Waals surface area contributed by atoms with Gasteiger partial charge in [0.15, 0.2) is 0 Å². The van der Waals surface area contributed by atoms with Crippen molar-refractivity contribution in [2.45, 2.75) is 39.0 Å². The molecule has 5 heteroatoms. The molecule has 1 unspecified atom stereocenters. The van der Waals surface area contributed by atoms with E-state index in [1.54, 1.807) is 11.3 Å². The number of aromatic nitrogens is 1. The number of amides is 1. The Morgan fingerprint density at radius 2 is 2.53 bits per heavy atom. The Labute approximate surface area is 119 Å². The fraction of sp³-hybridized carbons (Fsp3) is 0.714. The van der Waals surface area contributed by atoms with Gasteiger partial charge in [-0.05, 0) is 25.8 Å². The average molecular weight is 281 g/mol. The summed E-state index contributed by atoms with van der Waals surface area (Å²) in [7, 11) is 0. The summed E-state index contributed by atoms with van der Waals surface area (Å²) < 4.78 is 0. The van der Waals surface area contributed by atoms with E-state index in [4.69, 9.17) is 0 Å². The number of carbonyl (C=O) groups excluding carboxylic acids is 1. The van der Waals surface area contributed by atoms with Crippen molar-refractivity contribution in [2.75, 3.05) is 19.6 Å². The van der Waals surface area contributed by atoms with Crippen LogP contribution in [0.25, 0.3) is 0 Å². The van der Waals surface area contributed by atoms with Crippen molar-refractivity contribution in [3.8, 4) is 0 Å². The third kappa shape index (κ3) is 3.76. The molecule has 4 nitrogen and oxygen atoms in total. The molecule has 1 saturated heterocycles. The lowest BCUT2D eigenvalue weighted by atomic mass is 9.76. The summed E-state index contributed by atoms with van der Waals surface area (Å²) in [5.74, 6) is 0.219. The molecule has 2 rings (SSSR count). The third-order valence-corrected chi connectivity index (χ3v) is 4.47. The van der Waals surface area contributed by atoms with Gasteiger partial charge in [-0.15, -0.1) is 11.3 Å². The van der Waals surface area contributed by atoms with Gasteiger partial charge in [-0.1, -0.05) is 13.3 Å². The molecule has 19 heavy (non-hydrogen) atoms. The molecule has 2 heterocycles. The number of carbonyl (C=O) groups is 1. The van der Waals surface area contributed by atoms with Crippen LogP contribution in [0.2, 0.25) is 0 Å². The summed E-state index contributed by atoms with van der Waals surface area (Å²) in [4.78, 5) is 16.7. The molecule has 0 aliphatic carbocycles. The molecule has 0 bridgehead atoms. The smallest absolute Gasteiger partial charge is 0.227 e. The number of hydrogen-bond donors (Lipinski definition) is 2. The molecule has 106 valence electrons. The zero-order valence-corrected chi connectivity index (χ0v) is 12.4. The van der Waals surface area contributed by atoms with Crippen LogP contribution in [0.5, 0.6) is 0 Å². The van der Waals surface area contributed by atoms with Gasteiger partial charge in [0, 0.05) is 24.9 Å². The van der Waals surface area contributed by atoms with Gasteiger partial charge in [0.1, 0.15) is 0 Å². The number of piperidine rings is 1. The Bertz CT molecular complexity index is 380. The number of nitrogens with one attached hydrogen (secondary N) is 2. The molecule has 0 saturated carbocycles. The van der Waals surface area contributed by atoms with Crippen LogP contribution in [0.3, 0.4) is 0 Å². The predicted octanol–water partition coefficient (Wildman–Crippen LogP) is 1.97. The van der Waals surface area contributed by atoms with Gasteiger partial charge >= 0.3 is 0 Å². The summed E-state index contributed by atoms with van der Waals surface area (Å²) in [6.07, 6.45) is 4.96. The second-order valence-electron chi connectivity index (χ2n) is 5.30. The van der Waals surface area contributed by atoms with E-state index in [0.717, 1.165) is 50.9 Å². The molecular formula is C14H23N3OS. The van der Waals surface area contributed by atoms with Crippen LogP contribution in [0, 0.1) is 5.41 Å². The Morgan fingerprint density at radius 3 is 3.16 bits per heavy atom. The van der Waals surface area contributed by atoms with Gasteiger partial charge in [-0.3, -0.25) is 4.79 Å². The van der Waals surface area contributed by atoms with Crippen LogP contribution < -0.4 is 10.6 Å². The highest BCUT2D eigenvalue weighted by molar-refractivity contribution is 7.07. The van der Waals surface area contributed by atoms with E-state index in [1.807, 2.05) is 10.9 Å². The van der Waals surface area contributed by atoms with Gasteiger partial charge < -0.3 is 10.6 Å². The van der Waals surface area contributed by atoms with Gasteiger partial charge in [0.25, 0.3) is 0 Å². The molecule has 0 aromatic carbocycles. The van der Waals surface area contributed by atoms with Crippen molar-refractivity contribution < 1.29 is 4.79 Å². The Kier molecular flexibility index (Phi) is 5.34. The zero-order chi connectivity index (χ0) is 13.6. The van der Waals surface area contributed by atoms with E-state index in [9.17, 15) is 4.79 Å². The maximum Gasteiger partial charge on any atom is 0.227 e. The summed E-state index contributed by atoms with van der Waals surface area (Å²) in [5.41, 5.74) is 2.71. The summed E-state index contributed by atoms with van der Waals surface area (Å²) in [5, 5.41) is 8.51. The van der Waals surface area contributed by atoms with Crippen molar-refractivity contribution in [2.24, 2.45) is 5.41 Å². The molecule has 2 N–H and O–H groups in total. The Morgan fingerprint density at radius 1 is 1.63 bits per heavy atom. The van der Waals surface area contributed by atoms with Crippen molar-refractivity contribution >= 4 is 17.2 Å². The van der Waals surface area contributed by atoms with E-state index >= 15 is 0 Å². The van der Waals surface area contributed by atoms with E-state index < -0.39 is 0 Å². The highest BCUT2D eigenvalue weighted by atomic mass is 32.1. The molecule has 0 spiro atoms. The second kappa shape index (κ2) is 7.01. The average Bonchev–Trinajstić information content (AvgIpc) is 2.93. The monoisotopic (exact) mass is 281 g/mol. The fourth-order valence-electron chi connectivity index (χ4n) is 2.82. The summed E-state index contributed by atoms with van der Waals surface area (Å²) in [6, 6.07) is 0. The lowest BCUT2D eigenvalue weighted by molar-refractivity contribution is -0.132. The van der Waals surface area contributed by atoms with E-state index in [1.165, 1.54) is 0 Å². The van der Waals surface area contributed by atoms with Crippen molar-refractivity contribution in [3.63, 3.8) is 0 Å². The standard InChI is InChI=1S/C14H23N3OS/c1-2-5-14(6-3-7-15-10-14)13(18)16-8-4-12-9-19-11-17-12/h9,11,15H,2-8,10H2,1H3,(H,16,18). The molecule has 0 radical (unpaired) electrons. The largest absolute Gasteiger partial charge is 0.355 e. The molecule has 1 aromatic heterocycles. The number of hydrogen-bond acceptors (Lipinski definition) is 4. The Hall–Kier alpha value is -0.940. The van der Waals surface area contributed by atoms with E-state index in [-0.39, 0.29) is 11.3 Å². The van der Waals surface area contributed by atoms with Crippen LogP contribution in [0.15, 0.2) is 10.9 Å². The number of thiazole rings is 1. The number of nitrogens with zero attached hydrogens (tertiary/aromatic N) is 1. The third-order valence-electron chi connectivity index (χ3n) is 3.83. The normalized spacial score (nSPS) is 23.2. The second-order valence-corrected chi connectivity index (χ2v) is 6.02. The first-order valence-electron chi connectivity index (χ1n) is 7.13. The minimum atomic E-state index is -0.185. The topological polar surface area (TPSA) is 54.0 Å². The van der Waals surface area contributed by atoms with Gasteiger partial charge in [-0.25, -0.2) is 4.98 Å².